The number of hydrogen-bond donors (Lipinski definition) is 2. The molecule has 2 aliphatic rings. The van der Waals surface area contributed by atoms with Crippen LogP contribution in [0.5, 0.6) is 23.0 Å². The number of aromatic nitrogens is 2. The minimum atomic E-state index is -3.85. The van der Waals surface area contributed by atoms with Crippen LogP contribution in [-0.2, 0) is 0 Å². The smallest absolute Gasteiger partial charge is 0.395 e. The summed E-state index contributed by atoms with van der Waals surface area (Å²) >= 11 is 0. The van der Waals surface area contributed by atoms with Crippen molar-refractivity contribution in [2.24, 2.45) is 0 Å². The van der Waals surface area contributed by atoms with Gasteiger partial charge in [-0.2, -0.15) is 0 Å². The van der Waals surface area contributed by atoms with Crippen molar-refractivity contribution in [1.82, 2.24) is 9.97 Å². The van der Waals surface area contributed by atoms with E-state index in [9.17, 15) is 27.2 Å². The molecule has 4 heterocycles. The van der Waals surface area contributed by atoms with Crippen LogP contribution in [0.3, 0.4) is 0 Å². The third-order valence-corrected chi connectivity index (χ3v) is 5.76. The average Bonchev–Trinajstić information content (AvgIpc) is 3.22. The van der Waals surface area contributed by atoms with Gasteiger partial charge in [0.15, 0.2) is 33.9 Å². The van der Waals surface area contributed by atoms with Crippen molar-refractivity contribution in [3.8, 4) is 23.0 Å². The number of halogens is 4. The first-order valence-electron chi connectivity index (χ1n) is 9.76. The molecular weight excluding hydrogens is 464 g/mol. The van der Waals surface area contributed by atoms with E-state index >= 15 is 0 Å². The van der Waals surface area contributed by atoms with Crippen molar-refractivity contribution in [2.45, 2.75) is 12.6 Å². The average molecular weight is 472 g/mol. The number of ether oxygens (including phenoxy) is 4. The Morgan fingerprint density at radius 3 is 1.18 bits per heavy atom. The fourth-order valence-electron chi connectivity index (χ4n) is 4.34. The molecule has 8 nitrogen and oxygen atoms in total. The summed E-state index contributed by atoms with van der Waals surface area (Å²) < 4.78 is 71.5. The number of pyridine rings is 2. The number of nitrogens with one attached hydrogen (secondary N) is 2. The largest absolute Gasteiger partial charge is 0.586 e. The van der Waals surface area contributed by atoms with E-state index in [1.165, 1.54) is 24.3 Å². The predicted molar refractivity (Wildman–Crippen MR) is 110 cm³/mol. The SMILES string of the molecule is O=c1c2cc3c(cc2[nH]c2cc4c(=O)c5cc6c(cc5[nH]c4cc12)OC(F)(F)O6)OC(F)(F)O3. The molecule has 34 heavy (non-hydrogen) atoms. The molecule has 0 atom stereocenters. The van der Waals surface area contributed by atoms with Gasteiger partial charge in [0.2, 0.25) is 0 Å². The monoisotopic (exact) mass is 472 g/mol. The van der Waals surface area contributed by atoms with E-state index in [0.717, 1.165) is 12.1 Å². The van der Waals surface area contributed by atoms with Crippen molar-refractivity contribution in [2.75, 3.05) is 0 Å². The molecule has 0 saturated heterocycles. The van der Waals surface area contributed by atoms with E-state index < -0.39 is 23.4 Å². The first kappa shape index (κ1) is 19.0. The van der Waals surface area contributed by atoms with Crippen LogP contribution in [0.4, 0.5) is 17.6 Å². The van der Waals surface area contributed by atoms with Crippen LogP contribution in [-0.4, -0.2) is 22.6 Å². The molecule has 0 aliphatic carbocycles. The van der Waals surface area contributed by atoms with Gasteiger partial charge < -0.3 is 28.9 Å². The van der Waals surface area contributed by atoms with Crippen LogP contribution >= 0.6 is 0 Å². The van der Waals surface area contributed by atoms with Crippen LogP contribution in [0.15, 0.2) is 46.0 Å². The minimum absolute atomic E-state index is 0.0700. The fraction of sp³-hybridized carbons (Fsp3) is 0.0909. The Labute approximate surface area is 183 Å². The van der Waals surface area contributed by atoms with Gasteiger partial charge in [-0.15, -0.1) is 17.6 Å². The Balaban J connectivity index is 1.51. The van der Waals surface area contributed by atoms with Gasteiger partial charge in [0.25, 0.3) is 0 Å². The topological polar surface area (TPSA) is 103 Å². The second-order valence-corrected chi connectivity index (χ2v) is 7.88. The lowest BCUT2D eigenvalue weighted by Crippen LogP contribution is -2.25. The first-order valence-corrected chi connectivity index (χ1v) is 9.76. The van der Waals surface area contributed by atoms with Gasteiger partial charge in [-0.3, -0.25) is 9.59 Å². The summed E-state index contributed by atoms with van der Waals surface area (Å²) in [5, 5.41) is 0.460. The molecule has 0 amide bonds. The Bertz CT molecular complexity index is 1740. The number of alkyl halides is 4. The highest BCUT2D eigenvalue weighted by Gasteiger charge is 2.44. The molecule has 2 aliphatic heterocycles. The molecule has 2 aromatic heterocycles. The van der Waals surface area contributed by atoms with Gasteiger partial charge in [-0.25, -0.2) is 0 Å². The zero-order valence-electron chi connectivity index (χ0n) is 16.4. The molecular formula is C22H8F4N2O6. The molecule has 170 valence electrons. The van der Waals surface area contributed by atoms with Crippen molar-refractivity contribution >= 4 is 43.6 Å². The predicted octanol–water partition coefficient (Wildman–Crippen LogP) is 4.32. The number of benzene rings is 3. The Kier molecular flexibility index (Phi) is 3.19. The van der Waals surface area contributed by atoms with Crippen LogP contribution in [0, 0.1) is 0 Å². The summed E-state index contributed by atoms with van der Waals surface area (Å²) in [6.45, 7) is 0. The third-order valence-electron chi connectivity index (χ3n) is 5.76. The molecule has 3 aromatic carbocycles. The highest BCUT2D eigenvalue weighted by molar-refractivity contribution is 6.03. The maximum Gasteiger partial charge on any atom is 0.586 e. The number of rotatable bonds is 0. The van der Waals surface area contributed by atoms with E-state index in [2.05, 4.69) is 28.9 Å². The van der Waals surface area contributed by atoms with Gasteiger partial charge in [-0.05, 0) is 24.3 Å². The number of fused-ring (bicyclic) bond motifs is 6. The van der Waals surface area contributed by atoms with Gasteiger partial charge in [0.05, 0.1) is 32.8 Å². The molecule has 0 fully saturated rings. The van der Waals surface area contributed by atoms with Crippen molar-refractivity contribution in [3.63, 3.8) is 0 Å². The van der Waals surface area contributed by atoms with Crippen LogP contribution in [0.1, 0.15) is 0 Å². The van der Waals surface area contributed by atoms with E-state index in [1.54, 1.807) is 0 Å². The summed E-state index contributed by atoms with van der Waals surface area (Å²) in [5.74, 6) is -1.05. The number of H-pyrrole nitrogens is 2. The zero-order valence-corrected chi connectivity index (χ0v) is 16.4. The van der Waals surface area contributed by atoms with Crippen molar-refractivity contribution in [3.05, 3.63) is 56.8 Å². The summed E-state index contributed by atoms with van der Waals surface area (Å²) in [4.78, 5) is 32.2. The standard InChI is InChI=1S/C22H8F4N2O6/c23-21(24)31-15-3-9-14(6-18(15)34-21)28-12-2-8-11(1-7(12)19(9)29)27-13-5-17-16(4-10(13)20(8)30)32-22(25,26)33-17/h1-6H,(H,27,30)(H,28,29). The van der Waals surface area contributed by atoms with Gasteiger partial charge in [0, 0.05) is 22.9 Å². The van der Waals surface area contributed by atoms with Crippen LogP contribution < -0.4 is 29.8 Å². The first-order chi connectivity index (χ1) is 16.1. The minimum Gasteiger partial charge on any atom is -0.395 e. The lowest BCUT2D eigenvalue weighted by atomic mass is 10.0. The molecule has 2 N–H and O–H groups in total. The molecule has 0 saturated carbocycles. The fourth-order valence-corrected chi connectivity index (χ4v) is 4.34. The van der Waals surface area contributed by atoms with Crippen LogP contribution in [0.2, 0.25) is 0 Å². The summed E-state index contributed by atoms with van der Waals surface area (Å²) in [7, 11) is 0. The third kappa shape index (κ3) is 2.53. The van der Waals surface area contributed by atoms with Crippen LogP contribution in [0.25, 0.3) is 43.6 Å². The second-order valence-electron chi connectivity index (χ2n) is 7.88. The summed E-state index contributed by atoms with van der Waals surface area (Å²) in [6, 6.07) is 7.56. The van der Waals surface area contributed by atoms with E-state index in [4.69, 9.17) is 0 Å². The molecule has 0 spiro atoms. The maximum atomic E-state index is 13.4. The van der Waals surface area contributed by atoms with E-state index in [-0.39, 0.29) is 66.6 Å². The molecule has 7 rings (SSSR count). The number of hydrogen-bond acceptors (Lipinski definition) is 6. The second kappa shape index (κ2) is 5.71. The number of aromatic amines is 2. The molecule has 5 aromatic rings. The highest BCUT2D eigenvalue weighted by Crippen LogP contribution is 2.44. The maximum absolute atomic E-state index is 13.4. The van der Waals surface area contributed by atoms with Crippen molar-refractivity contribution < 1.29 is 36.5 Å². The Morgan fingerprint density at radius 1 is 0.500 bits per heavy atom. The Morgan fingerprint density at radius 2 is 0.794 bits per heavy atom. The van der Waals surface area contributed by atoms with E-state index in [1.807, 2.05) is 0 Å². The zero-order chi connectivity index (χ0) is 23.6. The Hall–Kier alpha value is -4.48. The van der Waals surface area contributed by atoms with Gasteiger partial charge in [0.1, 0.15) is 0 Å². The summed E-state index contributed by atoms with van der Waals surface area (Å²) in [5.41, 5.74) is -0.1000. The van der Waals surface area contributed by atoms with E-state index in [0.29, 0.717) is 0 Å². The highest BCUT2D eigenvalue weighted by atomic mass is 19.3. The lowest BCUT2D eigenvalue weighted by Gasteiger charge is -2.08. The molecule has 0 radical (unpaired) electrons. The summed E-state index contributed by atoms with van der Waals surface area (Å²) in [6.07, 6.45) is -7.69. The molecule has 0 bridgehead atoms. The molecule has 12 heteroatoms. The van der Waals surface area contributed by atoms with Gasteiger partial charge >= 0.3 is 12.6 Å². The quantitative estimate of drug-likeness (QED) is 0.257. The molecule has 0 unspecified atom stereocenters. The van der Waals surface area contributed by atoms with Crippen molar-refractivity contribution in [1.29, 1.82) is 0 Å². The normalized spacial score (nSPS) is 17.3. The van der Waals surface area contributed by atoms with Gasteiger partial charge in [-0.1, -0.05) is 0 Å². The lowest BCUT2D eigenvalue weighted by molar-refractivity contribution is -0.287.